The summed E-state index contributed by atoms with van der Waals surface area (Å²) in [6.07, 6.45) is 4.74. The van der Waals surface area contributed by atoms with E-state index < -0.39 is 0 Å². The van der Waals surface area contributed by atoms with Gasteiger partial charge in [-0.2, -0.15) is 0 Å². The summed E-state index contributed by atoms with van der Waals surface area (Å²) in [5.74, 6) is 3.14. The molecule has 3 heteroatoms. The molecular weight excluding hydrogens is 238 g/mol. The van der Waals surface area contributed by atoms with Gasteiger partial charge in [-0.1, -0.05) is 19.4 Å². The molecule has 0 radical (unpaired) electrons. The summed E-state index contributed by atoms with van der Waals surface area (Å²) in [7, 11) is 0. The molecule has 1 heterocycles. The summed E-state index contributed by atoms with van der Waals surface area (Å²) in [6, 6.07) is 6.31. The summed E-state index contributed by atoms with van der Waals surface area (Å²) in [4.78, 5) is 0. The van der Waals surface area contributed by atoms with Crippen LogP contribution in [0.15, 0.2) is 18.2 Å². The molecule has 3 nitrogen and oxygen atoms in total. The van der Waals surface area contributed by atoms with Gasteiger partial charge in [0, 0.05) is 12.5 Å². The third-order valence-electron chi connectivity index (χ3n) is 4.40. The topological polar surface area (TPSA) is 44.5 Å². The fraction of sp³-hybridized carbons (Fsp3) is 0.625. The van der Waals surface area contributed by atoms with Crippen molar-refractivity contribution in [3.63, 3.8) is 0 Å². The zero-order chi connectivity index (χ0) is 13.2. The first kappa shape index (κ1) is 12.8. The Kier molecular flexibility index (Phi) is 3.65. The Bertz CT molecular complexity index is 446. The lowest BCUT2D eigenvalue weighted by atomic mass is 9.91. The second-order valence-electron chi connectivity index (χ2n) is 5.96. The van der Waals surface area contributed by atoms with Gasteiger partial charge in [0.1, 0.15) is 0 Å². The number of hydrogen-bond donors (Lipinski definition) is 1. The van der Waals surface area contributed by atoms with Gasteiger partial charge in [-0.3, -0.25) is 0 Å². The molecule has 2 N–H and O–H groups in total. The van der Waals surface area contributed by atoms with E-state index in [1.54, 1.807) is 0 Å². The van der Waals surface area contributed by atoms with E-state index in [0.29, 0.717) is 5.92 Å². The highest BCUT2D eigenvalue weighted by Gasteiger charge is 2.28. The van der Waals surface area contributed by atoms with E-state index in [2.05, 4.69) is 19.1 Å². The zero-order valence-electron chi connectivity index (χ0n) is 11.6. The molecule has 104 valence electrons. The van der Waals surface area contributed by atoms with E-state index in [4.69, 9.17) is 15.2 Å². The Labute approximate surface area is 115 Å². The van der Waals surface area contributed by atoms with Gasteiger partial charge in [0.25, 0.3) is 0 Å². The van der Waals surface area contributed by atoms with E-state index in [1.807, 2.05) is 6.07 Å². The Morgan fingerprint density at radius 2 is 1.95 bits per heavy atom. The minimum atomic E-state index is 0.127. The zero-order valence-corrected chi connectivity index (χ0v) is 11.6. The maximum Gasteiger partial charge on any atom is 0.161 e. The van der Waals surface area contributed by atoms with Crippen LogP contribution in [0.4, 0.5) is 0 Å². The average molecular weight is 261 g/mol. The monoisotopic (exact) mass is 261 g/mol. The van der Waals surface area contributed by atoms with Crippen molar-refractivity contribution >= 4 is 0 Å². The molecule has 0 saturated heterocycles. The first-order chi connectivity index (χ1) is 9.24. The van der Waals surface area contributed by atoms with Crippen LogP contribution in [0.1, 0.15) is 44.2 Å². The average Bonchev–Trinajstić information content (AvgIpc) is 2.72. The summed E-state index contributed by atoms with van der Waals surface area (Å²) in [5.41, 5.74) is 7.62. The highest BCUT2D eigenvalue weighted by atomic mass is 16.5. The summed E-state index contributed by atoms with van der Waals surface area (Å²) in [6.45, 7) is 3.78. The van der Waals surface area contributed by atoms with Crippen molar-refractivity contribution in [3.05, 3.63) is 23.8 Å². The third kappa shape index (κ3) is 2.71. The van der Waals surface area contributed by atoms with E-state index in [9.17, 15) is 0 Å². The summed E-state index contributed by atoms with van der Waals surface area (Å²) < 4.78 is 11.4. The highest BCUT2D eigenvalue weighted by Crippen LogP contribution is 2.40. The minimum Gasteiger partial charge on any atom is -0.490 e. The lowest BCUT2D eigenvalue weighted by Gasteiger charge is -2.20. The van der Waals surface area contributed by atoms with E-state index in [-0.39, 0.29) is 6.04 Å². The Morgan fingerprint density at radius 1 is 1.16 bits per heavy atom. The van der Waals surface area contributed by atoms with Gasteiger partial charge in [0.15, 0.2) is 11.5 Å². The van der Waals surface area contributed by atoms with Crippen molar-refractivity contribution in [3.8, 4) is 11.5 Å². The van der Waals surface area contributed by atoms with E-state index >= 15 is 0 Å². The molecule has 3 unspecified atom stereocenters. The number of hydrogen-bond acceptors (Lipinski definition) is 3. The van der Waals surface area contributed by atoms with Crippen LogP contribution < -0.4 is 15.2 Å². The number of nitrogens with two attached hydrogens (primary N) is 1. The number of benzene rings is 1. The predicted molar refractivity (Wildman–Crippen MR) is 75.5 cm³/mol. The van der Waals surface area contributed by atoms with E-state index in [1.165, 1.54) is 24.8 Å². The van der Waals surface area contributed by atoms with Crippen molar-refractivity contribution in [2.24, 2.45) is 17.6 Å². The molecule has 0 aromatic heterocycles. The van der Waals surface area contributed by atoms with Crippen molar-refractivity contribution in [2.75, 3.05) is 13.2 Å². The molecule has 1 saturated carbocycles. The highest BCUT2D eigenvalue weighted by molar-refractivity contribution is 5.44. The van der Waals surface area contributed by atoms with Crippen LogP contribution in [0.25, 0.3) is 0 Å². The maximum absolute atomic E-state index is 6.44. The predicted octanol–water partition coefficient (Wildman–Crippen LogP) is 3.28. The second-order valence-corrected chi connectivity index (χ2v) is 5.96. The van der Waals surface area contributed by atoms with Crippen LogP contribution in [-0.4, -0.2) is 13.2 Å². The van der Waals surface area contributed by atoms with Crippen molar-refractivity contribution in [1.82, 2.24) is 0 Å². The molecule has 3 rings (SSSR count). The first-order valence-electron chi connectivity index (χ1n) is 7.39. The molecule has 2 aliphatic rings. The molecule has 0 amide bonds. The standard InChI is InChI=1S/C16H23NO2/c1-11-3-4-12(9-11)16(17)13-5-6-14-15(10-13)19-8-2-7-18-14/h5-6,10-12,16H,2-4,7-9,17H2,1H3. The maximum atomic E-state index is 6.44. The van der Waals surface area contributed by atoms with E-state index in [0.717, 1.165) is 37.1 Å². The lowest BCUT2D eigenvalue weighted by molar-refractivity contribution is 0.297. The largest absolute Gasteiger partial charge is 0.490 e. The SMILES string of the molecule is CC1CCC(C(N)c2ccc3c(c2)OCCCO3)C1. The van der Waals surface area contributed by atoms with Crippen LogP contribution in [0.5, 0.6) is 11.5 Å². The number of rotatable bonds is 2. The normalized spacial score (nSPS) is 27.9. The number of ether oxygens (including phenoxy) is 2. The lowest BCUT2D eigenvalue weighted by Crippen LogP contribution is -2.19. The molecule has 1 aromatic rings. The molecule has 1 aliphatic carbocycles. The first-order valence-corrected chi connectivity index (χ1v) is 7.39. The Morgan fingerprint density at radius 3 is 2.68 bits per heavy atom. The van der Waals surface area contributed by atoms with Crippen LogP contribution in [-0.2, 0) is 0 Å². The Hall–Kier alpha value is -1.22. The molecule has 1 aliphatic heterocycles. The van der Waals surface area contributed by atoms with Gasteiger partial charge < -0.3 is 15.2 Å². The molecule has 3 atom stereocenters. The molecule has 0 bridgehead atoms. The van der Waals surface area contributed by atoms with Gasteiger partial charge in [-0.05, 0) is 42.4 Å². The van der Waals surface area contributed by atoms with Gasteiger partial charge in [-0.25, -0.2) is 0 Å². The second kappa shape index (κ2) is 5.41. The smallest absolute Gasteiger partial charge is 0.161 e. The summed E-state index contributed by atoms with van der Waals surface area (Å²) >= 11 is 0. The third-order valence-corrected chi connectivity index (χ3v) is 4.40. The summed E-state index contributed by atoms with van der Waals surface area (Å²) in [5, 5.41) is 0. The fourth-order valence-corrected chi connectivity index (χ4v) is 3.24. The van der Waals surface area contributed by atoms with Crippen molar-refractivity contribution in [2.45, 2.75) is 38.6 Å². The molecular formula is C16H23NO2. The van der Waals surface area contributed by atoms with Gasteiger partial charge in [0.05, 0.1) is 13.2 Å². The molecule has 1 aromatic carbocycles. The molecule has 1 fully saturated rings. The van der Waals surface area contributed by atoms with Gasteiger partial charge in [0.2, 0.25) is 0 Å². The van der Waals surface area contributed by atoms with Crippen LogP contribution in [0.2, 0.25) is 0 Å². The van der Waals surface area contributed by atoms with Crippen LogP contribution in [0, 0.1) is 11.8 Å². The van der Waals surface area contributed by atoms with Crippen molar-refractivity contribution in [1.29, 1.82) is 0 Å². The number of fused-ring (bicyclic) bond motifs is 1. The fourth-order valence-electron chi connectivity index (χ4n) is 3.24. The Balaban J connectivity index is 1.79. The molecule has 19 heavy (non-hydrogen) atoms. The van der Waals surface area contributed by atoms with Crippen LogP contribution >= 0.6 is 0 Å². The van der Waals surface area contributed by atoms with Crippen molar-refractivity contribution < 1.29 is 9.47 Å². The van der Waals surface area contributed by atoms with Gasteiger partial charge >= 0.3 is 0 Å². The minimum absolute atomic E-state index is 0.127. The van der Waals surface area contributed by atoms with Gasteiger partial charge in [-0.15, -0.1) is 0 Å². The molecule has 0 spiro atoms. The van der Waals surface area contributed by atoms with Crippen LogP contribution in [0.3, 0.4) is 0 Å². The quantitative estimate of drug-likeness (QED) is 0.888.